The van der Waals surface area contributed by atoms with Gasteiger partial charge in [-0.15, -0.1) is 48.0 Å². The SMILES string of the molecule is [2H]C([2H])([2H])c1ccc(-c2[c-]cccc2)nc1.[2H]c1cc(C(C)(C)C)cc(C([2H])([2H])[2H])c1-c1cc(-c2[c-]c3c4ccc(C#N)cc4n4c5cc(C#N)ccc5c(c2)c34)[n+](C)cc1C([2H])([2H])[2H].[Ir]. The predicted octanol–water partition coefficient (Wildman–Crippen LogP) is 11.3. The van der Waals surface area contributed by atoms with E-state index in [1.54, 1.807) is 60.1 Å². The molecule has 0 N–H and O–H groups in total. The first kappa shape index (κ1) is 27.4. The fraction of sp³-hybridized carbons (Fsp3) is 0.160. The molecule has 0 fully saturated rings. The Bertz CT molecular complexity index is 3310. The summed E-state index contributed by atoms with van der Waals surface area (Å²) in [6.07, 6.45) is 2.88. The second kappa shape index (κ2) is 14.8. The number of rotatable bonds is 3. The number of fused-ring (bicyclic) bond motifs is 6. The minimum atomic E-state index is -2.62. The Morgan fingerprint density at radius 3 is 2.18 bits per heavy atom. The van der Waals surface area contributed by atoms with Crippen molar-refractivity contribution < 1.29 is 38.4 Å². The molecule has 56 heavy (non-hydrogen) atoms. The van der Waals surface area contributed by atoms with Gasteiger partial charge in [-0.2, -0.15) is 10.5 Å². The maximum absolute atomic E-state index is 9.69. The summed E-state index contributed by atoms with van der Waals surface area (Å²) >= 11 is 0. The van der Waals surface area contributed by atoms with E-state index in [1.807, 2.05) is 73.7 Å². The molecule has 4 heterocycles. The molecule has 5 aromatic carbocycles. The van der Waals surface area contributed by atoms with Crippen LogP contribution < -0.4 is 4.57 Å². The van der Waals surface area contributed by atoms with Crippen molar-refractivity contribution in [2.24, 2.45) is 7.05 Å². The molecule has 275 valence electrons. The van der Waals surface area contributed by atoms with E-state index in [4.69, 9.17) is 13.7 Å². The van der Waals surface area contributed by atoms with Crippen LogP contribution in [-0.2, 0) is 32.6 Å². The molecule has 0 aliphatic heterocycles. The van der Waals surface area contributed by atoms with Gasteiger partial charge >= 0.3 is 0 Å². The van der Waals surface area contributed by atoms with Crippen LogP contribution in [0.25, 0.3) is 71.7 Å². The summed E-state index contributed by atoms with van der Waals surface area (Å²) in [6.45, 7) is -1.51. The molecular weight excluding hydrogens is 863 g/mol. The molecule has 0 spiro atoms. The van der Waals surface area contributed by atoms with Gasteiger partial charge in [0.05, 0.1) is 24.6 Å². The molecule has 0 aliphatic rings. The molecule has 0 amide bonds. The third kappa shape index (κ3) is 6.73. The fourth-order valence-corrected chi connectivity index (χ4v) is 7.11. The molecule has 9 rings (SSSR count). The van der Waals surface area contributed by atoms with Crippen LogP contribution in [0.5, 0.6) is 0 Å². The first-order valence-corrected chi connectivity index (χ1v) is 17.6. The van der Waals surface area contributed by atoms with Crippen LogP contribution >= 0.6 is 0 Å². The number of hydrogen-bond acceptors (Lipinski definition) is 3. The van der Waals surface area contributed by atoms with Crippen LogP contribution in [0.2, 0.25) is 0 Å². The summed E-state index contributed by atoms with van der Waals surface area (Å²) in [4.78, 5) is 4.12. The molecule has 0 saturated carbocycles. The van der Waals surface area contributed by atoms with E-state index >= 15 is 0 Å². The zero-order valence-electron chi connectivity index (χ0n) is 41.0. The second-order valence-electron chi connectivity index (χ2n) is 14.6. The molecular formula is C50H40IrN5-. The van der Waals surface area contributed by atoms with Crippen LogP contribution in [-0.4, -0.2) is 9.38 Å². The Labute approximate surface area is 355 Å². The molecule has 0 unspecified atom stereocenters. The zero-order chi connectivity index (χ0) is 47.0. The fourth-order valence-electron chi connectivity index (χ4n) is 7.11. The summed E-state index contributed by atoms with van der Waals surface area (Å²) in [5.74, 6) is 0. The molecule has 4 aromatic heterocycles. The summed E-state index contributed by atoms with van der Waals surface area (Å²) in [6, 6.07) is 39.4. The van der Waals surface area contributed by atoms with Gasteiger partial charge in [0, 0.05) is 55.2 Å². The quantitative estimate of drug-likeness (QED) is 0.131. The van der Waals surface area contributed by atoms with Gasteiger partial charge in [-0.25, -0.2) is 4.57 Å². The third-order valence-electron chi connectivity index (χ3n) is 9.93. The van der Waals surface area contributed by atoms with Gasteiger partial charge in [0.2, 0.25) is 0 Å². The van der Waals surface area contributed by atoms with Gasteiger partial charge < -0.3 is 9.38 Å². The van der Waals surface area contributed by atoms with Crippen molar-refractivity contribution in [1.82, 2.24) is 9.38 Å². The summed E-state index contributed by atoms with van der Waals surface area (Å²) in [5.41, 5.74) is 6.77. The van der Waals surface area contributed by atoms with E-state index in [-0.39, 0.29) is 54.0 Å². The van der Waals surface area contributed by atoms with E-state index in [0.29, 0.717) is 27.9 Å². The Hall–Kier alpha value is -6.17. The molecule has 1 radical (unpaired) electrons. The summed E-state index contributed by atoms with van der Waals surface area (Å²) in [5, 5.41) is 22.8. The van der Waals surface area contributed by atoms with E-state index in [2.05, 4.69) is 29.3 Å². The Morgan fingerprint density at radius 1 is 0.786 bits per heavy atom. The van der Waals surface area contributed by atoms with Gasteiger partial charge in [-0.1, -0.05) is 91.0 Å². The first-order valence-electron chi connectivity index (χ1n) is 22.6. The van der Waals surface area contributed by atoms with E-state index in [9.17, 15) is 10.5 Å². The maximum atomic E-state index is 9.69. The van der Waals surface area contributed by atoms with Gasteiger partial charge in [-0.3, -0.25) is 0 Å². The first-order chi connectivity index (χ1) is 30.5. The van der Waals surface area contributed by atoms with Crippen LogP contribution in [0, 0.1) is 55.4 Å². The predicted molar refractivity (Wildman–Crippen MR) is 223 cm³/mol. The Balaban J connectivity index is 0.000000322. The van der Waals surface area contributed by atoms with Crippen molar-refractivity contribution in [3.8, 4) is 45.8 Å². The summed E-state index contributed by atoms with van der Waals surface area (Å²) < 4.78 is 85.1. The molecule has 9 aromatic rings. The van der Waals surface area contributed by atoms with Crippen molar-refractivity contribution in [2.75, 3.05) is 0 Å². The van der Waals surface area contributed by atoms with Gasteiger partial charge in [0.25, 0.3) is 0 Å². The van der Waals surface area contributed by atoms with E-state index in [0.717, 1.165) is 49.4 Å². The van der Waals surface area contributed by atoms with Crippen molar-refractivity contribution >= 4 is 38.1 Å². The second-order valence-corrected chi connectivity index (χ2v) is 14.6. The Morgan fingerprint density at radius 2 is 1.54 bits per heavy atom. The average Bonchev–Trinajstić information content (AvgIpc) is 3.76. The Kier molecular flexibility index (Phi) is 7.25. The molecule has 0 bridgehead atoms. The number of hydrogen-bond donors (Lipinski definition) is 0. The number of aromatic nitrogens is 3. The van der Waals surface area contributed by atoms with Gasteiger partial charge in [0.1, 0.15) is 12.7 Å². The molecule has 6 heteroatoms. The van der Waals surface area contributed by atoms with E-state index < -0.39 is 26.0 Å². The van der Waals surface area contributed by atoms with Crippen molar-refractivity contribution in [3.63, 3.8) is 0 Å². The maximum Gasteiger partial charge on any atom is 0.165 e. The van der Waals surface area contributed by atoms with Crippen LogP contribution in [0.4, 0.5) is 0 Å². The molecule has 0 aliphatic carbocycles. The van der Waals surface area contributed by atoms with Gasteiger partial charge in [-0.05, 0) is 94.7 Å². The van der Waals surface area contributed by atoms with Gasteiger partial charge in [0.15, 0.2) is 6.20 Å². The largest absolute Gasteiger partial charge is 0.348 e. The number of nitriles is 2. The van der Waals surface area contributed by atoms with Crippen LogP contribution in [0.3, 0.4) is 0 Å². The number of benzene rings is 5. The molecule has 0 atom stereocenters. The third-order valence-corrected chi connectivity index (χ3v) is 9.93. The van der Waals surface area contributed by atoms with E-state index in [1.165, 1.54) is 12.4 Å². The standard InChI is InChI=1S/C38H30N4.C12H10N.Ir/c1-22-13-27(38(3,4)5)9-12-28(22)31-18-34(41(6)21-23(31)2)26-16-32-29-10-7-24(19-39)14-35(29)42-36-15-25(20-40)8-11-30(36)33(17-26)37(32)42;1-10-7-8-12(13-9-10)11-5-3-2-4-6-11;/h7-16,18,21H,1-6H3;2-5,7-9H,1H3;/q;-1;/i1D3,2D3,12D;1D3;. The average molecular weight is 913 g/mol. The normalized spacial score (nSPS) is 14.6. The zero-order valence-corrected chi connectivity index (χ0v) is 33.4. The topological polar surface area (TPSA) is 68.8 Å². The minimum absolute atomic E-state index is 0. The van der Waals surface area contributed by atoms with Crippen LogP contribution in [0.15, 0.2) is 115 Å². The number of nitrogens with zero attached hydrogens (tertiary/aromatic N) is 5. The van der Waals surface area contributed by atoms with Crippen LogP contribution in [0.1, 0.15) is 67.9 Å². The smallest absolute Gasteiger partial charge is 0.165 e. The van der Waals surface area contributed by atoms with Crippen molar-refractivity contribution in [1.29, 1.82) is 10.5 Å². The molecule has 0 saturated heterocycles. The van der Waals surface area contributed by atoms with Crippen molar-refractivity contribution in [3.05, 3.63) is 161 Å². The summed E-state index contributed by atoms with van der Waals surface area (Å²) in [7, 11) is 1.73. The monoisotopic (exact) mass is 913 g/mol. The molecule has 5 nitrogen and oxygen atoms in total. The minimum Gasteiger partial charge on any atom is -0.348 e. The number of pyridine rings is 2. The number of aryl methyl sites for hydroxylation is 4. The van der Waals surface area contributed by atoms with Crippen molar-refractivity contribution in [2.45, 2.75) is 46.7 Å².